The summed E-state index contributed by atoms with van der Waals surface area (Å²) in [6.07, 6.45) is 5.15. The molecule has 0 unspecified atom stereocenters. The monoisotopic (exact) mass is 406 g/mol. The predicted molar refractivity (Wildman–Crippen MR) is 111 cm³/mol. The Kier molecular flexibility index (Phi) is 5.32. The van der Waals surface area contributed by atoms with Gasteiger partial charge in [-0.15, -0.1) is 0 Å². The van der Waals surface area contributed by atoms with Crippen molar-refractivity contribution < 1.29 is 13.6 Å². The Hall–Kier alpha value is -3.53. The fourth-order valence-corrected chi connectivity index (χ4v) is 4.05. The van der Waals surface area contributed by atoms with Crippen LogP contribution in [0.25, 0.3) is 5.88 Å². The van der Waals surface area contributed by atoms with Crippen LogP contribution in [0, 0.1) is 24.1 Å². The third-order valence-corrected chi connectivity index (χ3v) is 5.75. The van der Waals surface area contributed by atoms with E-state index in [1.807, 2.05) is 12.1 Å². The second kappa shape index (κ2) is 8.07. The average molecular weight is 406 g/mol. The highest BCUT2D eigenvalue weighted by Crippen LogP contribution is 2.29. The first-order chi connectivity index (χ1) is 14.5. The molecule has 3 aromatic rings. The minimum absolute atomic E-state index is 0.0602. The topological polar surface area (TPSA) is 65.4 Å². The summed E-state index contributed by atoms with van der Waals surface area (Å²) in [5, 5.41) is 9.71. The van der Waals surface area contributed by atoms with Gasteiger partial charge < -0.3 is 14.2 Å². The maximum Gasteiger partial charge on any atom is 0.258 e. The van der Waals surface area contributed by atoms with E-state index in [0.717, 1.165) is 31.6 Å². The van der Waals surface area contributed by atoms with Crippen LogP contribution in [-0.4, -0.2) is 41.6 Å². The standard InChI is InChI=1S/C23H23FN4O2/c1-16-21(20(15-25)23(30-16)28-11-3-4-12-28)22(29)26(2)18-9-13-27(14-10-18)19-7-5-17(24)6-8-19/h3-8,11-12,18H,9-10,13-14H2,1-2H3. The zero-order chi connectivity index (χ0) is 21.3. The molecule has 1 saturated heterocycles. The number of amides is 1. The molecule has 0 saturated carbocycles. The quantitative estimate of drug-likeness (QED) is 0.653. The highest BCUT2D eigenvalue weighted by atomic mass is 19.1. The summed E-state index contributed by atoms with van der Waals surface area (Å²) in [4.78, 5) is 17.2. The molecule has 0 aliphatic carbocycles. The van der Waals surface area contributed by atoms with Crippen molar-refractivity contribution in [3.63, 3.8) is 0 Å². The minimum Gasteiger partial charge on any atom is -0.443 e. The predicted octanol–water partition coefficient (Wildman–Crippen LogP) is 4.13. The molecular weight excluding hydrogens is 383 g/mol. The summed E-state index contributed by atoms with van der Waals surface area (Å²) in [7, 11) is 1.78. The van der Waals surface area contributed by atoms with E-state index in [-0.39, 0.29) is 23.3 Å². The van der Waals surface area contributed by atoms with Gasteiger partial charge in [0, 0.05) is 44.3 Å². The van der Waals surface area contributed by atoms with Crippen LogP contribution in [0.1, 0.15) is 34.5 Å². The number of furan rings is 1. The number of piperidine rings is 1. The molecule has 0 N–H and O–H groups in total. The van der Waals surface area contributed by atoms with E-state index in [1.54, 1.807) is 48.0 Å². The second-order valence-electron chi connectivity index (χ2n) is 7.53. The van der Waals surface area contributed by atoms with E-state index in [0.29, 0.717) is 17.2 Å². The molecule has 1 aliphatic heterocycles. The van der Waals surface area contributed by atoms with Crippen molar-refractivity contribution in [3.8, 4) is 12.0 Å². The molecular formula is C23H23FN4O2. The van der Waals surface area contributed by atoms with E-state index in [1.165, 1.54) is 12.1 Å². The summed E-state index contributed by atoms with van der Waals surface area (Å²) < 4.78 is 20.6. The molecule has 7 heteroatoms. The van der Waals surface area contributed by atoms with Gasteiger partial charge in [-0.1, -0.05) is 0 Å². The van der Waals surface area contributed by atoms with Gasteiger partial charge in [-0.05, 0) is 56.2 Å². The van der Waals surface area contributed by atoms with Crippen LogP contribution in [0.5, 0.6) is 0 Å². The van der Waals surface area contributed by atoms with Gasteiger partial charge in [-0.25, -0.2) is 4.39 Å². The lowest BCUT2D eigenvalue weighted by Crippen LogP contribution is -2.45. The van der Waals surface area contributed by atoms with E-state index < -0.39 is 0 Å². The maximum atomic E-state index is 13.3. The van der Waals surface area contributed by atoms with Gasteiger partial charge in [0.25, 0.3) is 5.91 Å². The molecule has 0 atom stereocenters. The molecule has 0 spiro atoms. The fourth-order valence-electron chi connectivity index (χ4n) is 4.05. The SMILES string of the molecule is Cc1oc(-n2cccc2)c(C#N)c1C(=O)N(C)C1CCN(c2ccc(F)cc2)CC1. The van der Waals surface area contributed by atoms with E-state index in [4.69, 9.17) is 4.42 Å². The number of aromatic nitrogens is 1. The number of nitrogens with zero attached hydrogens (tertiary/aromatic N) is 4. The first-order valence-electron chi connectivity index (χ1n) is 9.94. The van der Waals surface area contributed by atoms with E-state index in [2.05, 4.69) is 11.0 Å². The van der Waals surface area contributed by atoms with Crippen molar-refractivity contribution in [3.05, 3.63) is 71.5 Å². The van der Waals surface area contributed by atoms with Gasteiger partial charge in [0.1, 0.15) is 28.8 Å². The number of anilines is 1. The normalized spacial score (nSPS) is 14.5. The third-order valence-electron chi connectivity index (χ3n) is 5.75. The smallest absolute Gasteiger partial charge is 0.258 e. The van der Waals surface area contributed by atoms with Crippen molar-refractivity contribution in [2.75, 3.05) is 25.0 Å². The summed E-state index contributed by atoms with van der Waals surface area (Å²) >= 11 is 0. The highest BCUT2D eigenvalue weighted by Gasteiger charge is 2.31. The van der Waals surface area contributed by atoms with Crippen molar-refractivity contribution in [1.29, 1.82) is 5.26 Å². The highest BCUT2D eigenvalue weighted by molar-refractivity contribution is 5.98. The van der Waals surface area contributed by atoms with Gasteiger partial charge in [-0.3, -0.25) is 9.36 Å². The molecule has 2 aromatic heterocycles. The molecule has 3 heterocycles. The van der Waals surface area contributed by atoms with Gasteiger partial charge in [0.2, 0.25) is 5.88 Å². The number of rotatable bonds is 4. The van der Waals surface area contributed by atoms with Crippen molar-refractivity contribution in [2.24, 2.45) is 0 Å². The van der Waals surface area contributed by atoms with Crippen molar-refractivity contribution >= 4 is 11.6 Å². The molecule has 0 bridgehead atoms. The summed E-state index contributed by atoms with van der Waals surface area (Å²) in [5.41, 5.74) is 1.56. The van der Waals surface area contributed by atoms with Crippen LogP contribution < -0.4 is 4.90 Å². The zero-order valence-electron chi connectivity index (χ0n) is 17.0. The lowest BCUT2D eigenvalue weighted by molar-refractivity contribution is 0.0707. The third kappa shape index (κ3) is 3.57. The van der Waals surface area contributed by atoms with Crippen LogP contribution in [0.2, 0.25) is 0 Å². The summed E-state index contributed by atoms with van der Waals surface area (Å²) in [5.74, 6) is 0.354. The number of nitriles is 1. The van der Waals surface area contributed by atoms with Gasteiger partial charge in [0.15, 0.2) is 0 Å². The van der Waals surface area contributed by atoms with Crippen molar-refractivity contribution in [1.82, 2.24) is 9.47 Å². The molecule has 30 heavy (non-hydrogen) atoms. The zero-order valence-corrected chi connectivity index (χ0v) is 17.0. The number of hydrogen-bond donors (Lipinski definition) is 0. The molecule has 4 rings (SSSR count). The largest absolute Gasteiger partial charge is 0.443 e. The molecule has 1 amide bonds. The Morgan fingerprint density at radius 2 is 1.83 bits per heavy atom. The number of halogens is 1. The summed E-state index contributed by atoms with van der Waals surface area (Å²) in [6.45, 7) is 3.27. The summed E-state index contributed by atoms with van der Waals surface area (Å²) in [6, 6.07) is 12.4. The molecule has 6 nitrogen and oxygen atoms in total. The minimum atomic E-state index is -0.248. The van der Waals surface area contributed by atoms with Crippen LogP contribution in [0.15, 0.2) is 53.2 Å². The number of hydrogen-bond acceptors (Lipinski definition) is 4. The maximum absolute atomic E-state index is 13.3. The van der Waals surface area contributed by atoms with E-state index in [9.17, 15) is 14.4 Å². The number of carbonyl (C=O) groups is 1. The van der Waals surface area contributed by atoms with Crippen LogP contribution in [0.3, 0.4) is 0 Å². The first-order valence-corrected chi connectivity index (χ1v) is 9.94. The number of carbonyl (C=O) groups excluding carboxylic acids is 1. The molecule has 1 fully saturated rings. The van der Waals surface area contributed by atoms with Crippen LogP contribution >= 0.6 is 0 Å². The number of benzene rings is 1. The Morgan fingerprint density at radius 1 is 1.20 bits per heavy atom. The number of aryl methyl sites for hydroxylation is 1. The Morgan fingerprint density at radius 3 is 2.43 bits per heavy atom. The Bertz CT molecular complexity index is 1070. The molecule has 0 radical (unpaired) electrons. The second-order valence-corrected chi connectivity index (χ2v) is 7.53. The van der Waals surface area contributed by atoms with Gasteiger partial charge in [-0.2, -0.15) is 5.26 Å². The average Bonchev–Trinajstić information content (AvgIpc) is 3.41. The first kappa shape index (κ1) is 19.8. The lowest BCUT2D eigenvalue weighted by Gasteiger charge is -2.37. The molecule has 1 aliphatic rings. The Balaban J connectivity index is 1.50. The van der Waals surface area contributed by atoms with Crippen LogP contribution in [-0.2, 0) is 0 Å². The fraction of sp³-hybridized carbons (Fsp3) is 0.304. The van der Waals surface area contributed by atoms with Crippen LogP contribution in [0.4, 0.5) is 10.1 Å². The lowest BCUT2D eigenvalue weighted by atomic mass is 10.0. The Labute approximate surface area is 174 Å². The van der Waals surface area contributed by atoms with E-state index >= 15 is 0 Å². The van der Waals surface area contributed by atoms with Gasteiger partial charge in [0.05, 0.1) is 0 Å². The van der Waals surface area contributed by atoms with Gasteiger partial charge >= 0.3 is 0 Å². The molecule has 154 valence electrons. The molecule has 1 aromatic carbocycles. The van der Waals surface area contributed by atoms with Crippen molar-refractivity contribution in [2.45, 2.75) is 25.8 Å².